The highest BCUT2D eigenvalue weighted by Gasteiger charge is 2.38. The van der Waals surface area contributed by atoms with Gasteiger partial charge in [-0.2, -0.15) is 13.2 Å². The van der Waals surface area contributed by atoms with Gasteiger partial charge in [-0.05, 0) is 36.6 Å². The molecule has 1 aromatic carbocycles. The molecule has 0 atom stereocenters. The average molecular weight is 406 g/mol. The summed E-state index contributed by atoms with van der Waals surface area (Å²) in [6.45, 7) is 3.76. The van der Waals surface area contributed by atoms with Gasteiger partial charge in [0, 0.05) is 5.56 Å². The third-order valence-electron chi connectivity index (χ3n) is 3.65. The first-order chi connectivity index (χ1) is 12.5. The molecule has 1 aromatic heterocycles. The van der Waals surface area contributed by atoms with Crippen molar-refractivity contribution in [1.82, 2.24) is 4.98 Å². The summed E-state index contributed by atoms with van der Waals surface area (Å²) in [4.78, 5) is 15.4. The fourth-order valence-corrected chi connectivity index (χ4v) is 2.43. The van der Waals surface area contributed by atoms with Crippen LogP contribution >= 0.6 is 11.6 Å². The Morgan fingerprint density at radius 3 is 2.48 bits per heavy atom. The van der Waals surface area contributed by atoms with Gasteiger partial charge in [-0.15, -0.1) is 0 Å². The van der Waals surface area contributed by atoms with Crippen molar-refractivity contribution in [3.05, 3.63) is 46.2 Å². The third kappa shape index (κ3) is 5.09. The summed E-state index contributed by atoms with van der Waals surface area (Å²) in [5.41, 5.74) is -2.60. The minimum atomic E-state index is -4.95. The molecule has 0 radical (unpaired) electrons. The Morgan fingerprint density at radius 1 is 1.30 bits per heavy atom. The molecule has 0 fully saturated rings. The summed E-state index contributed by atoms with van der Waals surface area (Å²) in [7, 11) is 0. The zero-order valence-electron chi connectivity index (χ0n) is 14.4. The second kappa shape index (κ2) is 8.12. The molecular formula is C18H16ClF4NO3. The molecule has 1 N–H and O–H groups in total. The summed E-state index contributed by atoms with van der Waals surface area (Å²) < 4.78 is 58.9. The first kappa shape index (κ1) is 21.0. The number of hydrogen-bond acceptors (Lipinski definition) is 3. The summed E-state index contributed by atoms with van der Waals surface area (Å²) in [6.07, 6.45) is -4.46. The molecule has 2 aromatic rings. The molecule has 0 amide bonds. The van der Waals surface area contributed by atoms with Crippen LogP contribution in [0.4, 0.5) is 17.6 Å². The van der Waals surface area contributed by atoms with Gasteiger partial charge < -0.3 is 9.84 Å². The summed E-state index contributed by atoms with van der Waals surface area (Å²) in [5.74, 6) is -3.00. The van der Waals surface area contributed by atoms with Gasteiger partial charge >= 0.3 is 12.1 Å². The van der Waals surface area contributed by atoms with E-state index in [2.05, 4.69) is 4.98 Å². The van der Waals surface area contributed by atoms with Gasteiger partial charge in [-0.1, -0.05) is 25.4 Å². The number of ether oxygens (including phenoxy) is 1. The number of benzene rings is 1. The van der Waals surface area contributed by atoms with E-state index in [1.54, 1.807) is 0 Å². The molecule has 0 bridgehead atoms. The molecule has 27 heavy (non-hydrogen) atoms. The van der Waals surface area contributed by atoms with E-state index in [1.165, 1.54) is 6.07 Å². The van der Waals surface area contributed by atoms with Crippen molar-refractivity contribution in [2.45, 2.75) is 26.4 Å². The summed E-state index contributed by atoms with van der Waals surface area (Å²) in [5, 5.41) is 8.97. The largest absolute Gasteiger partial charge is 0.477 e. The van der Waals surface area contributed by atoms with Gasteiger partial charge in [0.1, 0.15) is 11.4 Å². The minimum Gasteiger partial charge on any atom is -0.477 e. The molecule has 146 valence electrons. The Bertz CT molecular complexity index is 853. The van der Waals surface area contributed by atoms with Gasteiger partial charge in [-0.3, -0.25) is 0 Å². The molecule has 4 nitrogen and oxygen atoms in total. The zero-order valence-corrected chi connectivity index (χ0v) is 15.2. The molecule has 0 aliphatic rings. The lowest BCUT2D eigenvalue weighted by Gasteiger charge is -2.17. The van der Waals surface area contributed by atoms with Crippen molar-refractivity contribution in [3.63, 3.8) is 0 Å². The average Bonchev–Trinajstić information content (AvgIpc) is 2.55. The fourth-order valence-electron chi connectivity index (χ4n) is 2.25. The molecule has 0 aliphatic carbocycles. The highest BCUT2D eigenvalue weighted by Crippen LogP contribution is 2.38. The van der Waals surface area contributed by atoms with Crippen LogP contribution in [0.5, 0.6) is 5.88 Å². The number of hydrogen-bond donors (Lipinski definition) is 1. The smallest absolute Gasteiger partial charge is 0.417 e. The quantitative estimate of drug-likeness (QED) is 0.628. The molecule has 0 saturated carbocycles. The number of rotatable bonds is 6. The maximum atomic E-state index is 13.4. The van der Waals surface area contributed by atoms with Crippen molar-refractivity contribution in [1.29, 1.82) is 0 Å². The standard InChI is InChI=1S/C18H16ClF4NO3/c1-9(2)5-6-27-16-15(17(25)26)11(18(21,22)23)8-14(24-16)10-3-4-13(20)12(19)7-10/h3-4,7-9H,5-6H2,1-2H3,(H,25,26). The van der Waals surface area contributed by atoms with E-state index < -0.39 is 35.0 Å². The van der Waals surface area contributed by atoms with Crippen LogP contribution in [-0.2, 0) is 6.18 Å². The summed E-state index contributed by atoms with van der Waals surface area (Å²) in [6, 6.07) is 3.87. The van der Waals surface area contributed by atoms with Crippen molar-refractivity contribution in [2.75, 3.05) is 6.61 Å². The van der Waals surface area contributed by atoms with Gasteiger partial charge in [0.05, 0.1) is 22.9 Å². The highest BCUT2D eigenvalue weighted by molar-refractivity contribution is 6.31. The number of carboxylic acids is 1. The highest BCUT2D eigenvalue weighted by atomic mass is 35.5. The van der Waals surface area contributed by atoms with Crippen molar-refractivity contribution in [3.8, 4) is 17.1 Å². The van der Waals surface area contributed by atoms with Crippen molar-refractivity contribution >= 4 is 17.6 Å². The second-order valence-electron chi connectivity index (χ2n) is 6.20. The van der Waals surface area contributed by atoms with E-state index in [-0.39, 0.29) is 28.8 Å². The van der Waals surface area contributed by atoms with Gasteiger partial charge in [0.25, 0.3) is 0 Å². The van der Waals surface area contributed by atoms with Crippen molar-refractivity contribution < 1.29 is 32.2 Å². The fraction of sp³-hybridized carbons (Fsp3) is 0.333. The lowest BCUT2D eigenvalue weighted by atomic mass is 10.0. The van der Waals surface area contributed by atoms with E-state index >= 15 is 0 Å². The Balaban J connectivity index is 2.64. The Kier molecular flexibility index (Phi) is 6.30. The number of aromatic carboxylic acids is 1. The van der Waals surface area contributed by atoms with Gasteiger partial charge in [0.15, 0.2) is 0 Å². The number of pyridine rings is 1. The van der Waals surface area contributed by atoms with Gasteiger partial charge in [-0.25, -0.2) is 14.2 Å². The predicted octanol–water partition coefficient (Wildman–Crippen LogP) is 5.68. The molecule has 9 heteroatoms. The molecule has 0 unspecified atom stereocenters. The lowest BCUT2D eigenvalue weighted by molar-refractivity contribution is -0.138. The van der Waals surface area contributed by atoms with Crippen LogP contribution in [0.1, 0.15) is 36.2 Å². The van der Waals surface area contributed by atoms with Gasteiger partial charge in [0.2, 0.25) is 5.88 Å². The normalized spacial score (nSPS) is 11.7. The molecule has 0 saturated heterocycles. The first-order valence-electron chi connectivity index (χ1n) is 7.94. The van der Waals surface area contributed by atoms with E-state index in [4.69, 9.17) is 16.3 Å². The van der Waals surface area contributed by atoms with Crippen LogP contribution in [-0.4, -0.2) is 22.7 Å². The number of alkyl halides is 3. The molecule has 1 heterocycles. The van der Waals surface area contributed by atoms with Crippen LogP contribution < -0.4 is 4.74 Å². The zero-order chi connectivity index (χ0) is 20.4. The number of aromatic nitrogens is 1. The maximum absolute atomic E-state index is 13.4. The van der Waals surface area contributed by atoms with E-state index in [9.17, 15) is 27.5 Å². The van der Waals surface area contributed by atoms with E-state index in [1.807, 2.05) is 13.8 Å². The maximum Gasteiger partial charge on any atom is 0.417 e. The lowest BCUT2D eigenvalue weighted by Crippen LogP contribution is -2.17. The van der Waals surface area contributed by atoms with Crippen LogP contribution in [0, 0.1) is 11.7 Å². The topological polar surface area (TPSA) is 59.4 Å². The molecular weight excluding hydrogens is 390 g/mol. The minimum absolute atomic E-state index is 0.00410. The van der Waals surface area contributed by atoms with Crippen LogP contribution in [0.3, 0.4) is 0 Å². The first-order valence-corrected chi connectivity index (χ1v) is 8.32. The Hall–Kier alpha value is -2.35. The van der Waals surface area contributed by atoms with E-state index in [0.29, 0.717) is 12.5 Å². The van der Waals surface area contributed by atoms with E-state index in [0.717, 1.165) is 12.1 Å². The predicted molar refractivity (Wildman–Crippen MR) is 91.6 cm³/mol. The Morgan fingerprint density at radius 2 is 1.96 bits per heavy atom. The molecule has 0 aliphatic heterocycles. The third-order valence-corrected chi connectivity index (χ3v) is 3.94. The number of carboxylic acid groups (broad SMARTS) is 1. The number of halogens is 5. The molecule has 2 rings (SSSR count). The van der Waals surface area contributed by atoms with Crippen LogP contribution in [0.15, 0.2) is 24.3 Å². The van der Waals surface area contributed by atoms with Crippen LogP contribution in [0.25, 0.3) is 11.3 Å². The summed E-state index contributed by atoms with van der Waals surface area (Å²) >= 11 is 5.68. The van der Waals surface area contributed by atoms with Crippen molar-refractivity contribution in [2.24, 2.45) is 5.92 Å². The monoisotopic (exact) mass is 405 g/mol. The van der Waals surface area contributed by atoms with Crippen LogP contribution in [0.2, 0.25) is 5.02 Å². The molecule has 0 spiro atoms. The Labute approximate surface area is 157 Å². The second-order valence-corrected chi connectivity index (χ2v) is 6.61. The number of carbonyl (C=O) groups is 1. The SMILES string of the molecule is CC(C)CCOc1nc(-c2ccc(F)c(Cl)c2)cc(C(F)(F)F)c1C(=O)O. The number of nitrogens with zero attached hydrogens (tertiary/aromatic N) is 1.